The van der Waals surface area contributed by atoms with E-state index in [-0.39, 0.29) is 24.9 Å². The molecule has 2 aliphatic rings. The lowest BCUT2D eigenvalue weighted by atomic mass is 9.69. The largest absolute Gasteiger partial charge is 0.351 e. The minimum absolute atomic E-state index is 0.00991. The smallest absolute Gasteiger partial charge is 0.282 e. The van der Waals surface area contributed by atoms with Gasteiger partial charge in [-0.2, -0.15) is 0 Å². The number of hydrogen-bond acceptors (Lipinski definition) is 5. The highest BCUT2D eigenvalue weighted by Crippen LogP contribution is 2.41. The van der Waals surface area contributed by atoms with Crippen LogP contribution in [-0.4, -0.2) is 53.8 Å². The number of anilines is 1. The summed E-state index contributed by atoms with van der Waals surface area (Å²) < 4.78 is 54.6. The standard InChI is InChI=1S/C19H29F4N5/c1-4-15-13(19(25)6-12(24)7-19)5-14(20)18(26-15)27-8-10(2)28(11(3)9-27)17(23)16(21)22/h5,10-12,16-17H,4,6-9,24-25H2,1-3H3. The second-order valence-corrected chi connectivity index (χ2v) is 8.22. The zero-order valence-electron chi connectivity index (χ0n) is 16.5. The molecule has 3 rings (SSSR count). The molecule has 1 aliphatic carbocycles. The molecule has 158 valence electrons. The molecule has 1 aliphatic heterocycles. The van der Waals surface area contributed by atoms with Gasteiger partial charge < -0.3 is 16.4 Å². The monoisotopic (exact) mass is 403 g/mol. The molecule has 0 radical (unpaired) electrons. The van der Waals surface area contributed by atoms with Crippen LogP contribution in [0.2, 0.25) is 0 Å². The predicted octanol–water partition coefficient (Wildman–Crippen LogP) is 2.52. The molecule has 1 saturated carbocycles. The molecule has 0 aromatic carbocycles. The Hall–Kier alpha value is -1.45. The van der Waals surface area contributed by atoms with Crippen molar-refractivity contribution in [3.05, 3.63) is 23.1 Å². The molecule has 1 saturated heterocycles. The maximum Gasteiger partial charge on any atom is 0.282 e. The summed E-state index contributed by atoms with van der Waals surface area (Å²) in [7, 11) is 0. The van der Waals surface area contributed by atoms with Gasteiger partial charge in [-0.05, 0) is 44.7 Å². The average Bonchev–Trinajstić information content (AvgIpc) is 2.59. The molecule has 0 bridgehead atoms. The second kappa shape index (κ2) is 7.76. The Morgan fingerprint density at radius 1 is 1.21 bits per heavy atom. The summed E-state index contributed by atoms with van der Waals surface area (Å²) in [5.41, 5.74) is 13.0. The third kappa shape index (κ3) is 3.71. The fourth-order valence-corrected chi connectivity index (χ4v) is 4.66. The van der Waals surface area contributed by atoms with Crippen LogP contribution in [0.4, 0.5) is 23.4 Å². The van der Waals surface area contributed by atoms with Gasteiger partial charge >= 0.3 is 0 Å². The molecule has 2 fully saturated rings. The predicted molar refractivity (Wildman–Crippen MR) is 101 cm³/mol. The minimum Gasteiger partial charge on any atom is -0.351 e. The van der Waals surface area contributed by atoms with Crippen LogP contribution in [0.25, 0.3) is 0 Å². The number of hydrogen-bond donors (Lipinski definition) is 2. The normalized spacial score (nSPS) is 32.5. The maximum atomic E-state index is 15.0. The van der Waals surface area contributed by atoms with Crippen molar-refractivity contribution >= 4 is 5.82 Å². The first-order valence-electron chi connectivity index (χ1n) is 9.76. The molecule has 4 N–H and O–H groups in total. The molecule has 1 aromatic rings. The lowest BCUT2D eigenvalue weighted by molar-refractivity contribution is -0.0864. The average molecular weight is 403 g/mol. The zero-order valence-corrected chi connectivity index (χ0v) is 16.5. The molecule has 3 atom stereocenters. The van der Waals surface area contributed by atoms with E-state index >= 15 is 0 Å². The number of piperazine rings is 1. The summed E-state index contributed by atoms with van der Waals surface area (Å²) in [6, 6.07) is 0.426. The van der Waals surface area contributed by atoms with Crippen molar-refractivity contribution < 1.29 is 17.6 Å². The van der Waals surface area contributed by atoms with E-state index < -0.39 is 36.2 Å². The van der Waals surface area contributed by atoms with Crippen LogP contribution >= 0.6 is 0 Å². The Balaban J connectivity index is 1.86. The number of rotatable bonds is 5. The number of aryl methyl sites for hydroxylation is 1. The Kier molecular flexibility index (Phi) is 5.89. The number of halogens is 4. The molecule has 0 amide bonds. The summed E-state index contributed by atoms with van der Waals surface area (Å²) in [4.78, 5) is 7.39. The molecule has 28 heavy (non-hydrogen) atoms. The topological polar surface area (TPSA) is 71.4 Å². The third-order valence-electron chi connectivity index (χ3n) is 5.94. The molecule has 9 heteroatoms. The van der Waals surface area contributed by atoms with Crippen molar-refractivity contribution in [3.8, 4) is 0 Å². The molecule has 1 aromatic heterocycles. The summed E-state index contributed by atoms with van der Waals surface area (Å²) >= 11 is 0. The third-order valence-corrected chi connectivity index (χ3v) is 5.94. The van der Waals surface area contributed by atoms with E-state index in [1.165, 1.54) is 6.07 Å². The minimum atomic E-state index is -3.08. The summed E-state index contributed by atoms with van der Waals surface area (Å²) in [5.74, 6) is -0.338. The van der Waals surface area contributed by atoms with Crippen molar-refractivity contribution in [2.75, 3.05) is 18.0 Å². The molecular weight excluding hydrogens is 374 g/mol. The van der Waals surface area contributed by atoms with Gasteiger partial charge in [-0.15, -0.1) is 0 Å². The fraction of sp³-hybridized carbons (Fsp3) is 0.737. The van der Waals surface area contributed by atoms with Gasteiger partial charge in [0.15, 0.2) is 11.6 Å². The summed E-state index contributed by atoms with van der Waals surface area (Å²) in [6.07, 6.45) is -3.66. The van der Waals surface area contributed by atoms with E-state index in [4.69, 9.17) is 11.5 Å². The Labute approximate surface area is 163 Å². The number of aromatic nitrogens is 1. The van der Waals surface area contributed by atoms with Crippen molar-refractivity contribution in [1.82, 2.24) is 9.88 Å². The van der Waals surface area contributed by atoms with Crippen molar-refractivity contribution in [3.63, 3.8) is 0 Å². The van der Waals surface area contributed by atoms with E-state index in [1.54, 1.807) is 18.7 Å². The van der Waals surface area contributed by atoms with Crippen molar-refractivity contribution in [1.29, 1.82) is 0 Å². The number of nitrogens with zero attached hydrogens (tertiary/aromatic N) is 3. The number of pyridine rings is 1. The molecular formula is C19H29F4N5. The van der Waals surface area contributed by atoms with Crippen LogP contribution in [0.5, 0.6) is 0 Å². The van der Waals surface area contributed by atoms with Gasteiger partial charge in [-0.3, -0.25) is 4.90 Å². The van der Waals surface area contributed by atoms with Crippen molar-refractivity contribution in [2.24, 2.45) is 11.5 Å². The van der Waals surface area contributed by atoms with Gasteiger partial charge in [-0.25, -0.2) is 22.5 Å². The van der Waals surface area contributed by atoms with Gasteiger partial charge in [0.05, 0.1) is 0 Å². The van der Waals surface area contributed by atoms with Gasteiger partial charge in [0, 0.05) is 42.4 Å². The zero-order chi connectivity index (χ0) is 20.8. The van der Waals surface area contributed by atoms with E-state index in [1.807, 2.05) is 6.92 Å². The van der Waals surface area contributed by atoms with E-state index in [9.17, 15) is 17.6 Å². The molecule has 2 heterocycles. The maximum absolute atomic E-state index is 15.0. The summed E-state index contributed by atoms with van der Waals surface area (Å²) in [6.45, 7) is 5.67. The Morgan fingerprint density at radius 3 is 2.25 bits per heavy atom. The number of nitrogens with two attached hydrogens (primary N) is 2. The highest BCUT2D eigenvalue weighted by Gasteiger charge is 2.43. The van der Waals surface area contributed by atoms with Gasteiger partial charge in [-0.1, -0.05) is 6.92 Å². The van der Waals surface area contributed by atoms with E-state index in [2.05, 4.69) is 4.98 Å². The number of alkyl halides is 3. The van der Waals surface area contributed by atoms with Crippen LogP contribution < -0.4 is 16.4 Å². The van der Waals surface area contributed by atoms with Crippen LogP contribution in [0.15, 0.2) is 6.07 Å². The fourth-order valence-electron chi connectivity index (χ4n) is 4.66. The summed E-state index contributed by atoms with van der Waals surface area (Å²) in [5, 5.41) is 0. The molecule has 0 spiro atoms. The Morgan fingerprint density at radius 2 is 1.79 bits per heavy atom. The van der Waals surface area contributed by atoms with E-state index in [0.717, 1.165) is 4.90 Å². The van der Waals surface area contributed by atoms with Crippen LogP contribution in [0, 0.1) is 5.82 Å². The molecule has 5 nitrogen and oxygen atoms in total. The SMILES string of the molecule is CCc1nc(N2CC(C)N(C(F)C(F)F)C(C)C2)c(F)cc1C1(N)CC(N)C1. The Bertz CT molecular complexity index is 698. The quantitative estimate of drug-likeness (QED) is 0.584. The highest BCUT2D eigenvalue weighted by molar-refractivity contribution is 5.47. The van der Waals surface area contributed by atoms with Gasteiger partial charge in [0.2, 0.25) is 6.30 Å². The van der Waals surface area contributed by atoms with Gasteiger partial charge in [0.25, 0.3) is 6.43 Å². The first-order valence-corrected chi connectivity index (χ1v) is 9.76. The lowest BCUT2D eigenvalue weighted by Gasteiger charge is -2.46. The van der Waals surface area contributed by atoms with E-state index in [0.29, 0.717) is 30.5 Å². The van der Waals surface area contributed by atoms with Crippen LogP contribution in [-0.2, 0) is 12.0 Å². The lowest BCUT2D eigenvalue weighted by Crippen LogP contribution is -2.60. The second-order valence-electron chi connectivity index (χ2n) is 8.22. The first-order chi connectivity index (χ1) is 13.1. The van der Waals surface area contributed by atoms with Crippen molar-refractivity contribution in [2.45, 2.75) is 76.4 Å². The van der Waals surface area contributed by atoms with Crippen LogP contribution in [0.3, 0.4) is 0 Å². The van der Waals surface area contributed by atoms with Gasteiger partial charge in [0.1, 0.15) is 0 Å². The highest BCUT2D eigenvalue weighted by atomic mass is 19.3. The molecule has 3 unspecified atom stereocenters. The first kappa shape index (κ1) is 21.3. The van der Waals surface area contributed by atoms with Crippen LogP contribution in [0.1, 0.15) is 44.9 Å².